The van der Waals surface area contributed by atoms with Crippen molar-refractivity contribution in [1.29, 1.82) is 5.26 Å². The number of nitriles is 1. The first-order valence-electron chi connectivity index (χ1n) is 7.57. The van der Waals surface area contributed by atoms with Crippen LogP contribution in [0.25, 0.3) is 11.8 Å². The summed E-state index contributed by atoms with van der Waals surface area (Å²) in [5.74, 6) is -0.385. The van der Waals surface area contributed by atoms with Crippen molar-refractivity contribution in [1.82, 2.24) is 14.8 Å². The van der Waals surface area contributed by atoms with Gasteiger partial charge in [-0.15, -0.1) is 0 Å². The molecule has 0 aliphatic rings. The van der Waals surface area contributed by atoms with E-state index in [1.807, 2.05) is 6.07 Å². The maximum absolute atomic E-state index is 14.3. The topological polar surface area (TPSA) is 80.8 Å². The van der Waals surface area contributed by atoms with Gasteiger partial charge in [0.15, 0.2) is 0 Å². The molecule has 6 nitrogen and oxygen atoms in total. The molecule has 26 heavy (non-hydrogen) atoms. The zero-order chi connectivity index (χ0) is 18.5. The van der Waals surface area contributed by atoms with Crippen molar-refractivity contribution in [2.24, 2.45) is 0 Å². The van der Waals surface area contributed by atoms with E-state index in [1.165, 1.54) is 42.7 Å². The van der Waals surface area contributed by atoms with Gasteiger partial charge in [-0.25, -0.2) is 14.1 Å². The molecule has 3 rings (SSSR count). The number of hydrogen-bond acceptors (Lipinski definition) is 5. The minimum Gasteiger partial charge on any atom is -0.497 e. The molecule has 0 unspecified atom stereocenters. The Labute approximate surface area is 148 Å². The van der Waals surface area contributed by atoms with E-state index in [9.17, 15) is 14.4 Å². The largest absolute Gasteiger partial charge is 0.497 e. The summed E-state index contributed by atoms with van der Waals surface area (Å²) < 4.78 is 20.6. The van der Waals surface area contributed by atoms with E-state index in [0.717, 1.165) is 0 Å². The van der Waals surface area contributed by atoms with E-state index in [2.05, 4.69) is 10.1 Å². The number of ketones is 1. The van der Waals surface area contributed by atoms with Crippen molar-refractivity contribution in [2.75, 3.05) is 7.11 Å². The number of nitrogens with zero attached hydrogens (tertiary/aromatic N) is 4. The van der Waals surface area contributed by atoms with Crippen molar-refractivity contribution in [3.8, 4) is 17.5 Å². The molecule has 128 valence electrons. The highest BCUT2D eigenvalue weighted by molar-refractivity contribution is 6.14. The second-order valence-corrected chi connectivity index (χ2v) is 5.28. The number of methoxy groups -OCH3 is 1. The third-order valence-electron chi connectivity index (χ3n) is 3.67. The normalized spacial score (nSPS) is 11.0. The summed E-state index contributed by atoms with van der Waals surface area (Å²) in [6.45, 7) is 0. The van der Waals surface area contributed by atoms with Crippen LogP contribution in [0.3, 0.4) is 0 Å². The van der Waals surface area contributed by atoms with Gasteiger partial charge in [-0.2, -0.15) is 10.4 Å². The van der Waals surface area contributed by atoms with Crippen LogP contribution in [-0.4, -0.2) is 27.7 Å². The number of Topliss-reactive ketones (excluding diaryl/α,β-unsaturated/α-hetero) is 1. The van der Waals surface area contributed by atoms with E-state index in [-0.39, 0.29) is 11.3 Å². The molecule has 0 saturated heterocycles. The Kier molecular flexibility index (Phi) is 4.85. The van der Waals surface area contributed by atoms with Gasteiger partial charge in [-0.3, -0.25) is 4.79 Å². The monoisotopic (exact) mass is 348 g/mol. The number of hydrogen-bond donors (Lipinski definition) is 0. The van der Waals surface area contributed by atoms with Gasteiger partial charge in [0, 0.05) is 5.56 Å². The van der Waals surface area contributed by atoms with Crippen LogP contribution in [0.1, 0.15) is 15.9 Å². The number of carbonyl (C=O) groups excluding carboxylic acids is 1. The van der Waals surface area contributed by atoms with E-state index in [1.54, 1.807) is 30.3 Å². The van der Waals surface area contributed by atoms with Crippen molar-refractivity contribution < 1.29 is 13.9 Å². The second kappa shape index (κ2) is 7.40. The first-order valence-corrected chi connectivity index (χ1v) is 7.57. The van der Waals surface area contributed by atoms with E-state index in [0.29, 0.717) is 16.9 Å². The predicted molar refractivity (Wildman–Crippen MR) is 92.2 cm³/mol. The zero-order valence-corrected chi connectivity index (χ0v) is 13.8. The number of allylic oxidation sites excluding steroid dienone is 1. The molecule has 0 spiro atoms. The number of ether oxygens (including phenoxy) is 1. The predicted octanol–water partition coefficient (Wildman–Crippen LogP) is 3.20. The molecule has 0 bridgehead atoms. The number of halogens is 1. The maximum Gasteiger partial charge on any atom is 0.203 e. The van der Waals surface area contributed by atoms with E-state index < -0.39 is 11.6 Å². The summed E-state index contributed by atoms with van der Waals surface area (Å²) >= 11 is 0. The van der Waals surface area contributed by atoms with Gasteiger partial charge in [-0.1, -0.05) is 6.07 Å². The fraction of sp³-hybridized carbons (Fsp3) is 0.0526. The lowest BCUT2D eigenvalue weighted by molar-refractivity contribution is 0.104. The van der Waals surface area contributed by atoms with Crippen LogP contribution < -0.4 is 4.74 Å². The first-order chi connectivity index (χ1) is 12.6. The van der Waals surface area contributed by atoms with Gasteiger partial charge in [0.2, 0.25) is 5.78 Å². The average molecular weight is 348 g/mol. The first kappa shape index (κ1) is 17.0. The lowest BCUT2D eigenvalue weighted by Crippen LogP contribution is -2.02. The molecule has 0 saturated carbocycles. The van der Waals surface area contributed by atoms with Crippen molar-refractivity contribution in [3.63, 3.8) is 0 Å². The molecule has 1 aromatic heterocycles. The number of aromatic nitrogens is 3. The molecule has 0 radical (unpaired) electrons. The molecule has 3 aromatic rings. The van der Waals surface area contributed by atoms with Crippen LogP contribution in [0.2, 0.25) is 0 Å². The Bertz CT molecular complexity index is 1000. The fourth-order valence-corrected chi connectivity index (χ4v) is 2.34. The lowest BCUT2D eigenvalue weighted by atomic mass is 10.0. The summed E-state index contributed by atoms with van der Waals surface area (Å²) in [6.07, 6.45) is 4.02. The summed E-state index contributed by atoms with van der Waals surface area (Å²) in [4.78, 5) is 16.2. The molecule has 0 aliphatic heterocycles. The van der Waals surface area contributed by atoms with Gasteiger partial charge in [0.05, 0.1) is 7.11 Å². The average Bonchev–Trinajstić information content (AvgIpc) is 3.20. The third-order valence-corrected chi connectivity index (χ3v) is 3.67. The summed E-state index contributed by atoms with van der Waals surface area (Å²) in [5, 5.41) is 13.2. The van der Waals surface area contributed by atoms with Gasteiger partial charge in [0.25, 0.3) is 0 Å². The van der Waals surface area contributed by atoms with Crippen LogP contribution in [-0.2, 0) is 0 Å². The zero-order valence-electron chi connectivity index (χ0n) is 13.8. The Balaban J connectivity index is 1.90. The SMILES string of the molecule is COc1ccc(C(=O)/C(C#N)=C/c2ccc(-n3cncn3)c(F)c2)cc1. The molecular formula is C19H13FN4O2. The number of rotatable bonds is 5. The molecule has 0 N–H and O–H groups in total. The van der Waals surface area contributed by atoms with Crippen LogP contribution in [0.4, 0.5) is 4.39 Å². The van der Waals surface area contributed by atoms with E-state index in [4.69, 9.17) is 4.74 Å². The quantitative estimate of drug-likeness (QED) is 0.402. The minimum atomic E-state index is -0.543. The van der Waals surface area contributed by atoms with Gasteiger partial charge in [0.1, 0.15) is 41.6 Å². The van der Waals surface area contributed by atoms with Gasteiger partial charge in [-0.05, 0) is 48.0 Å². The fourth-order valence-electron chi connectivity index (χ4n) is 2.34. The molecule has 0 amide bonds. The highest BCUT2D eigenvalue weighted by atomic mass is 19.1. The highest BCUT2D eigenvalue weighted by Gasteiger charge is 2.13. The highest BCUT2D eigenvalue weighted by Crippen LogP contribution is 2.19. The van der Waals surface area contributed by atoms with Crippen molar-refractivity contribution in [3.05, 3.63) is 77.6 Å². The Morgan fingerprint density at radius 3 is 2.62 bits per heavy atom. The number of carbonyl (C=O) groups is 1. The molecular weight excluding hydrogens is 335 g/mol. The van der Waals surface area contributed by atoms with Gasteiger partial charge < -0.3 is 4.74 Å². The molecule has 0 atom stereocenters. The molecule has 1 heterocycles. The van der Waals surface area contributed by atoms with Crippen molar-refractivity contribution >= 4 is 11.9 Å². The third kappa shape index (κ3) is 3.49. The Hall–Kier alpha value is -3.79. The smallest absolute Gasteiger partial charge is 0.203 e. The van der Waals surface area contributed by atoms with Gasteiger partial charge >= 0.3 is 0 Å². The van der Waals surface area contributed by atoms with Crippen LogP contribution in [0.5, 0.6) is 5.75 Å². The standard InChI is InChI=1S/C19H13FN4O2/c1-26-16-5-3-14(4-6-16)19(25)15(10-21)8-13-2-7-18(17(20)9-13)24-12-22-11-23-24/h2-9,11-12H,1H3/b15-8+. The van der Waals surface area contributed by atoms with Crippen LogP contribution in [0, 0.1) is 17.1 Å². The van der Waals surface area contributed by atoms with Crippen molar-refractivity contribution in [2.45, 2.75) is 0 Å². The maximum atomic E-state index is 14.3. The second-order valence-electron chi connectivity index (χ2n) is 5.28. The summed E-state index contributed by atoms with van der Waals surface area (Å²) in [5.41, 5.74) is 0.866. The van der Waals surface area contributed by atoms with Crippen LogP contribution >= 0.6 is 0 Å². The van der Waals surface area contributed by atoms with Crippen LogP contribution in [0.15, 0.2) is 60.7 Å². The summed E-state index contributed by atoms with van der Waals surface area (Å²) in [7, 11) is 1.52. The van der Waals surface area contributed by atoms with E-state index >= 15 is 0 Å². The Morgan fingerprint density at radius 2 is 2.04 bits per heavy atom. The Morgan fingerprint density at radius 1 is 1.27 bits per heavy atom. The molecule has 0 aliphatic carbocycles. The molecule has 7 heteroatoms. The molecule has 2 aromatic carbocycles. The lowest BCUT2D eigenvalue weighted by Gasteiger charge is -2.05. The number of benzene rings is 2. The minimum absolute atomic E-state index is 0.0944. The summed E-state index contributed by atoms with van der Waals surface area (Å²) in [6, 6.07) is 12.6. The molecule has 0 fully saturated rings.